The van der Waals surface area contributed by atoms with Crippen molar-refractivity contribution in [3.05, 3.63) is 243 Å². The second-order valence-electron chi connectivity index (χ2n) is 13.4. The van der Waals surface area contributed by atoms with E-state index in [1.807, 2.05) is 0 Å². The molecule has 0 N–H and O–H groups in total. The molecule has 356 valence electrons. The van der Waals surface area contributed by atoms with Gasteiger partial charge in [0.05, 0.1) is 0 Å². The first-order chi connectivity index (χ1) is 30.8. The van der Waals surface area contributed by atoms with Crippen LogP contribution in [0.25, 0.3) is 0 Å². The Kier molecular flexibility index (Phi) is 37.7. The van der Waals surface area contributed by atoms with E-state index in [1.165, 1.54) is 55.5 Å². The van der Waals surface area contributed by atoms with Gasteiger partial charge in [-0.1, -0.05) is 146 Å². The van der Waals surface area contributed by atoms with Gasteiger partial charge in [0.15, 0.2) is 0 Å². The van der Waals surface area contributed by atoms with E-state index < -0.39 is 23.1 Å². The quantitative estimate of drug-likeness (QED) is 0.0655. The van der Waals surface area contributed by atoms with E-state index in [0.717, 1.165) is 0 Å². The molecule has 0 aromatic heterocycles. The second kappa shape index (κ2) is 37.7. The van der Waals surface area contributed by atoms with Crippen LogP contribution in [0.1, 0.15) is 0 Å². The summed E-state index contributed by atoms with van der Waals surface area (Å²) in [5, 5.41) is 67.1. The van der Waals surface area contributed by atoms with Gasteiger partial charge in [0.2, 0.25) is 0 Å². The van der Waals surface area contributed by atoms with Gasteiger partial charge < -0.3 is 62.6 Å². The molecule has 67 heavy (non-hydrogen) atoms. The fourth-order valence-corrected chi connectivity index (χ4v) is 15.5. The standard InChI is InChI=1S/2C24H20P.C2H6O2Si.2Mo.4O2.2O/c2*1-5-13-21(14-6-1)25(22-15-7-2-8-16-22,23-17-9-3-10-18-23)24-19-11-4-12-20-24;1-5(2,3)4;;;4*1-2;;/h2*1-20H;1-2H3;;;;;;;;/q2*+1;-2;;;6*-2. The first-order valence-corrected chi connectivity index (χ1v) is 25.5. The zero-order valence-electron chi connectivity index (χ0n) is 36.2. The first kappa shape index (κ1) is 67.0. The summed E-state index contributed by atoms with van der Waals surface area (Å²) in [5.74, 6) is 0. The molecule has 0 unspecified atom stereocenters. The van der Waals surface area contributed by atoms with Crippen LogP contribution in [0.2, 0.25) is 13.1 Å². The minimum atomic E-state index is -3.11. The van der Waals surface area contributed by atoms with Crippen molar-refractivity contribution in [2.24, 2.45) is 0 Å². The van der Waals surface area contributed by atoms with Crippen LogP contribution >= 0.6 is 14.5 Å². The summed E-state index contributed by atoms with van der Waals surface area (Å²) in [5.41, 5.74) is 0. The molecule has 8 aromatic carbocycles. The third kappa shape index (κ3) is 19.0. The molecule has 17 heteroatoms. The molecular formula is C50H46Mo2O12P2Si-12. The normalized spacial score (nSPS) is 9.61. The van der Waals surface area contributed by atoms with E-state index in [-0.39, 0.29) is 53.1 Å². The number of hydrogen-bond acceptors (Lipinski definition) is 10. The fraction of sp³-hybridized carbons (Fsp3) is 0.0400. The molecule has 8 aromatic rings. The van der Waals surface area contributed by atoms with Crippen molar-refractivity contribution in [1.29, 1.82) is 0 Å². The molecule has 0 bridgehead atoms. The van der Waals surface area contributed by atoms with Gasteiger partial charge in [-0.3, -0.25) is 0 Å². The van der Waals surface area contributed by atoms with Gasteiger partial charge in [-0.2, -0.15) is 8.56 Å². The van der Waals surface area contributed by atoms with Crippen LogP contribution in [0.5, 0.6) is 0 Å². The maximum Gasteiger partial charge on any atom is 0.144 e. The molecule has 0 saturated heterocycles. The van der Waals surface area contributed by atoms with Gasteiger partial charge in [0, 0.05) is 42.1 Å². The molecule has 0 heterocycles. The van der Waals surface area contributed by atoms with E-state index in [1.54, 1.807) is 0 Å². The van der Waals surface area contributed by atoms with Crippen molar-refractivity contribution in [3.63, 3.8) is 0 Å². The van der Waals surface area contributed by atoms with Crippen molar-refractivity contribution in [2.45, 2.75) is 13.1 Å². The average molecular weight is 1120 g/mol. The molecule has 0 aliphatic heterocycles. The minimum absolute atomic E-state index is 0. The maximum absolute atomic E-state index is 9.69. The summed E-state index contributed by atoms with van der Waals surface area (Å²) >= 11 is 0. The van der Waals surface area contributed by atoms with Crippen LogP contribution in [0, 0.1) is 0 Å². The average Bonchev–Trinajstić information content (AvgIpc) is 3.37. The third-order valence-electron chi connectivity index (χ3n) is 9.15. The summed E-state index contributed by atoms with van der Waals surface area (Å²) in [6, 6.07) is 87.7. The Morgan fingerprint density at radius 2 is 0.313 bits per heavy atom. The Hall–Kier alpha value is -4.27. The molecule has 12 nitrogen and oxygen atoms in total. The molecule has 0 saturated carbocycles. The van der Waals surface area contributed by atoms with Crippen LogP contribution < -0.4 is 94.1 Å². The van der Waals surface area contributed by atoms with E-state index >= 15 is 0 Å². The summed E-state index contributed by atoms with van der Waals surface area (Å²) in [6.07, 6.45) is 0. The molecule has 8 rings (SSSR count). The van der Waals surface area contributed by atoms with Crippen molar-refractivity contribution >= 4 is 65.5 Å². The van der Waals surface area contributed by atoms with E-state index in [9.17, 15) is 9.59 Å². The molecule has 0 radical (unpaired) electrons. The van der Waals surface area contributed by atoms with Crippen molar-refractivity contribution in [3.8, 4) is 0 Å². The maximum atomic E-state index is 9.69. The molecule has 0 aliphatic rings. The van der Waals surface area contributed by atoms with Crippen molar-refractivity contribution in [1.82, 2.24) is 0 Å². The second-order valence-corrected chi connectivity index (χ2v) is 23.0. The Morgan fingerprint density at radius 1 is 0.239 bits per heavy atom. The van der Waals surface area contributed by atoms with Gasteiger partial charge in [0.25, 0.3) is 0 Å². The van der Waals surface area contributed by atoms with Gasteiger partial charge >= 0.3 is 0 Å². The minimum Gasteiger partial charge on any atom is -2.00 e. The van der Waals surface area contributed by atoms with Gasteiger partial charge in [-0.25, -0.2) is 0 Å². The Bertz CT molecular complexity index is 1820. The largest absolute Gasteiger partial charge is 2.00 e. The number of hydrogen-bond donors (Lipinski definition) is 0. The Labute approximate surface area is 423 Å². The van der Waals surface area contributed by atoms with E-state index in [0.29, 0.717) is 0 Å². The van der Waals surface area contributed by atoms with Crippen LogP contribution in [-0.4, -0.2) is 8.56 Å². The predicted octanol–water partition coefficient (Wildman–Crippen LogP) is -2.73. The Morgan fingerprint density at radius 3 is 0.388 bits per heavy atom. The van der Waals surface area contributed by atoms with E-state index in [4.69, 9.17) is 42.1 Å². The van der Waals surface area contributed by atoms with Gasteiger partial charge in [0.1, 0.15) is 57.0 Å². The first-order valence-electron chi connectivity index (χ1n) is 19.1. The fourth-order valence-electron chi connectivity index (χ4n) is 7.00. The summed E-state index contributed by atoms with van der Waals surface area (Å²) in [7, 11) is -6.92. The summed E-state index contributed by atoms with van der Waals surface area (Å²) in [6.45, 7) is 2.43. The zero-order valence-corrected chi connectivity index (χ0v) is 43.0. The Balaban J connectivity index is -0.000000934. The van der Waals surface area contributed by atoms with Crippen LogP contribution in [0.15, 0.2) is 243 Å². The SMILES string of the molecule is C[Si](C)([O-])[O-].[Mo].[Mo].[O-2].[O-2].[O-][O-].[O-][O-].[O-][O-].[O-][O-].c1ccc([P+](c2ccccc2)(c2ccccc2)c2ccccc2)cc1.c1ccc([P+](c2ccccc2)(c2ccccc2)c2ccccc2)cc1. The topological polar surface area (TPSA) is 288 Å². The molecule has 0 fully saturated rings. The monoisotopic (exact) mass is 1120 g/mol. The van der Waals surface area contributed by atoms with Gasteiger partial charge in [-0.05, 0) is 97.1 Å². The molecular weight excluding hydrogens is 1070 g/mol. The number of rotatable bonds is 8. The zero-order chi connectivity index (χ0) is 46.4. The summed E-state index contributed by atoms with van der Waals surface area (Å²) < 4.78 is 0. The summed E-state index contributed by atoms with van der Waals surface area (Å²) in [4.78, 5) is 19.4. The predicted molar refractivity (Wildman–Crippen MR) is 241 cm³/mol. The third-order valence-corrected chi connectivity index (χ3v) is 17.7. The van der Waals surface area contributed by atoms with Crippen LogP contribution in [0.4, 0.5) is 0 Å². The molecule has 0 atom stereocenters. The van der Waals surface area contributed by atoms with Crippen LogP contribution in [-0.2, 0) is 53.1 Å². The molecule has 0 spiro atoms. The smallest absolute Gasteiger partial charge is 0.144 e. The number of benzene rings is 8. The van der Waals surface area contributed by atoms with Crippen molar-refractivity contribution in [2.75, 3.05) is 0 Å². The van der Waals surface area contributed by atoms with Gasteiger partial charge in [-0.15, -0.1) is 13.1 Å². The molecule has 0 amide bonds. The molecule has 0 aliphatic carbocycles. The van der Waals surface area contributed by atoms with Crippen molar-refractivity contribution < 1.29 is 105 Å². The van der Waals surface area contributed by atoms with E-state index in [2.05, 4.69) is 243 Å². The van der Waals surface area contributed by atoms with Crippen LogP contribution in [0.3, 0.4) is 0 Å².